The van der Waals surface area contributed by atoms with Gasteiger partial charge in [0.1, 0.15) is 0 Å². The van der Waals surface area contributed by atoms with Crippen LogP contribution in [0.25, 0.3) is 0 Å². The van der Waals surface area contributed by atoms with E-state index in [2.05, 4.69) is 53.4 Å². The van der Waals surface area contributed by atoms with E-state index in [4.69, 9.17) is 0 Å². The van der Waals surface area contributed by atoms with Crippen LogP contribution in [0.4, 0.5) is 0 Å². The number of benzene rings is 2. The fourth-order valence-corrected chi connectivity index (χ4v) is 2.80. The third-order valence-corrected chi connectivity index (χ3v) is 3.91. The highest BCUT2D eigenvalue weighted by Crippen LogP contribution is 2.16. The van der Waals surface area contributed by atoms with Crippen LogP contribution in [0.1, 0.15) is 17.5 Å². The number of hydroxylamine groups is 1. The highest BCUT2D eigenvalue weighted by Gasteiger charge is 2.25. The van der Waals surface area contributed by atoms with E-state index in [0.29, 0.717) is 6.54 Å². The largest absolute Gasteiger partial charge is 0.624 e. The Hall–Kier alpha value is -2.13. The van der Waals surface area contributed by atoms with Crippen LogP contribution in [-0.2, 0) is 13.1 Å². The lowest BCUT2D eigenvalue weighted by Gasteiger charge is -2.25. The average Bonchev–Trinajstić information content (AvgIpc) is 2.95. The first-order chi connectivity index (χ1) is 10.3. The maximum Gasteiger partial charge on any atom is 0.168 e. The van der Waals surface area contributed by atoms with Crippen molar-refractivity contribution in [1.29, 1.82) is 0 Å². The second-order valence-electron chi connectivity index (χ2n) is 5.52. The molecule has 0 N–H and O–H groups in total. The molecule has 3 rings (SSSR count). The Kier molecular flexibility index (Phi) is 4.31. The average molecular weight is 280 g/mol. The Morgan fingerprint density at radius 1 is 0.905 bits per heavy atom. The van der Waals surface area contributed by atoms with E-state index in [1.165, 1.54) is 11.1 Å². The van der Waals surface area contributed by atoms with Crippen LogP contribution >= 0.6 is 0 Å². The number of hydrogen-bond acceptors (Lipinski definition) is 2. The SMILES string of the molecule is [O-][N+]1=C[C@@H](N(Cc2ccccc2)Cc2ccccc2)CC1. The topological polar surface area (TPSA) is 29.3 Å². The van der Waals surface area contributed by atoms with E-state index in [1.807, 2.05) is 18.3 Å². The molecule has 2 aromatic carbocycles. The van der Waals surface area contributed by atoms with Crippen LogP contribution in [0.5, 0.6) is 0 Å². The minimum Gasteiger partial charge on any atom is -0.624 e. The Morgan fingerprint density at radius 3 is 1.86 bits per heavy atom. The van der Waals surface area contributed by atoms with Crippen LogP contribution in [-0.4, -0.2) is 28.4 Å². The van der Waals surface area contributed by atoms with Crippen LogP contribution in [0.2, 0.25) is 0 Å². The molecule has 0 amide bonds. The van der Waals surface area contributed by atoms with Crippen molar-refractivity contribution in [3.8, 4) is 0 Å². The lowest BCUT2D eigenvalue weighted by molar-refractivity contribution is -0.443. The molecule has 0 aliphatic carbocycles. The Balaban J connectivity index is 1.77. The zero-order valence-corrected chi connectivity index (χ0v) is 12.1. The van der Waals surface area contributed by atoms with Gasteiger partial charge in [-0.15, -0.1) is 0 Å². The fourth-order valence-electron chi connectivity index (χ4n) is 2.80. The Bertz CT molecular complexity index is 554. The van der Waals surface area contributed by atoms with Crippen molar-refractivity contribution in [3.05, 3.63) is 77.0 Å². The van der Waals surface area contributed by atoms with Crippen LogP contribution in [0.3, 0.4) is 0 Å². The lowest BCUT2D eigenvalue weighted by Crippen LogP contribution is -2.34. The van der Waals surface area contributed by atoms with Gasteiger partial charge in [-0.3, -0.25) is 4.90 Å². The van der Waals surface area contributed by atoms with Gasteiger partial charge in [0.05, 0.1) is 6.04 Å². The van der Waals surface area contributed by atoms with Gasteiger partial charge >= 0.3 is 0 Å². The molecule has 1 heterocycles. The molecule has 3 nitrogen and oxygen atoms in total. The highest BCUT2D eigenvalue weighted by atomic mass is 16.5. The number of rotatable bonds is 5. The standard InChI is InChI=1S/C18H20N2O/c21-20-12-11-18(15-20)19(13-16-7-3-1-4-8-16)14-17-9-5-2-6-10-17/h1-10,15,18H,11-14H2/t18-/m0/s1. The van der Waals surface area contributed by atoms with Gasteiger partial charge in [-0.25, -0.2) is 4.74 Å². The van der Waals surface area contributed by atoms with E-state index in [1.54, 1.807) is 0 Å². The van der Waals surface area contributed by atoms with Gasteiger partial charge < -0.3 is 5.21 Å². The van der Waals surface area contributed by atoms with Crippen molar-refractivity contribution in [2.24, 2.45) is 0 Å². The molecule has 0 spiro atoms. The van der Waals surface area contributed by atoms with E-state index >= 15 is 0 Å². The maximum atomic E-state index is 11.5. The molecule has 0 aromatic heterocycles. The smallest absolute Gasteiger partial charge is 0.168 e. The number of hydrogen-bond donors (Lipinski definition) is 0. The summed E-state index contributed by atoms with van der Waals surface area (Å²) in [6, 6.07) is 21.1. The summed E-state index contributed by atoms with van der Waals surface area (Å²) in [5.41, 5.74) is 2.57. The normalized spacial score (nSPS) is 18.0. The molecular formula is C18H20N2O. The minimum absolute atomic E-state index is 0.225. The first-order valence-electron chi connectivity index (χ1n) is 7.42. The summed E-state index contributed by atoms with van der Waals surface area (Å²) >= 11 is 0. The summed E-state index contributed by atoms with van der Waals surface area (Å²) in [7, 11) is 0. The van der Waals surface area contributed by atoms with Crippen molar-refractivity contribution in [1.82, 2.24) is 4.90 Å². The molecule has 108 valence electrons. The van der Waals surface area contributed by atoms with Gasteiger partial charge in [0.25, 0.3) is 0 Å². The zero-order valence-electron chi connectivity index (χ0n) is 12.1. The van der Waals surface area contributed by atoms with E-state index in [0.717, 1.165) is 24.2 Å². The number of nitrogens with zero attached hydrogens (tertiary/aromatic N) is 2. The summed E-state index contributed by atoms with van der Waals surface area (Å²) in [6.45, 7) is 2.33. The molecule has 0 saturated heterocycles. The molecule has 1 aliphatic heterocycles. The van der Waals surface area contributed by atoms with E-state index in [-0.39, 0.29) is 6.04 Å². The lowest BCUT2D eigenvalue weighted by atomic mass is 10.1. The summed E-state index contributed by atoms with van der Waals surface area (Å²) in [4.78, 5) is 2.38. The first-order valence-corrected chi connectivity index (χ1v) is 7.42. The quantitative estimate of drug-likeness (QED) is 0.622. The summed E-state index contributed by atoms with van der Waals surface area (Å²) < 4.78 is 1.06. The summed E-state index contributed by atoms with van der Waals surface area (Å²) in [6.07, 6.45) is 2.72. The molecule has 3 heteroatoms. The van der Waals surface area contributed by atoms with Crippen LogP contribution < -0.4 is 0 Å². The van der Waals surface area contributed by atoms with Crippen LogP contribution in [0, 0.1) is 5.21 Å². The predicted octanol–water partition coefficient (Wildman–Crippen LogP) is 3.04. The van der Waals surface area contributed by atoms with Gasteiger partial charge in [0.15, 0.2) is 12.8 Å². The van der Waals surface area contributed by atoms with Crippen molar-refractivity contribution in [3.63, 3.8) is 0 Å². The van der Waals surface area contributed by atoms with Crippen molar-refractivity contribution >= 4 is 6.21 Å². The zero-order chi connectivity index (χ0) is 14.5. The highest BCUT2D eigenvalue weighted by molar-refractivity contribution is 5.60. The van der Waals surface area contributed by atoms with Crippen LogP contribution in [0.15, 0.2) is 60.7 Å². The molecule has 21 heavy (non-hydrogen) atoms. The first kappa shape index (κ1) is 13.8. The molecule has 0 radical (unpaired) electrons. The van der Waals surface area contributed by atoms with E-state index < -0.39 is 0 Å². The molecule has 1 atom stereocenters. The molecule has 2 aromatic rings. The molecule has 0 bridgehead atoms. The third kappa shape index (κ3) is 3.70. The molecule has 1 aliphatic rings. The monoisotopic (exact) mass is 280 g/mol. The molecule has 0 saturated carbocycles. The fraction of sp³-hybridized carbons (Fsp3) is 0.278. The van der Waals surface area contributed by atoms with Gasteiger partial charge in [0.2, 0.25) is 0 Å². The summed E-state index contributed by atoms with van der Waals surface area (Å²) in [5.74, 6) is 0. The Labute approximate surface area is 125 Å². The predicted molar refractivity (Wildman–Crippen MR) is 85.1 cm³/mol. The molecular weight excluding hydrogens is 260 g/mol. The molecule has 0 unspecified atom stereocenters. The van der Waals surface area contributed by atoms with Crippen molar-refractivity contribution in [2.45, 2.75) is 25.6 Å². The van der Waals surface area contributed by atoms with Gasteiger partial charge in [0, 0.05) is 19.5 Å². The minimum atomic E-state index is 0.225. The van der Waals surface area contributed by atoms with E-state index in [9.17, 15) is 5.21 Å². The van der Waals surface area contributed by atoms with Crippen molar-refractivity contribution < 1.29 is 4.74 Å². The Morgan fingerprint density at radius 2 is 1.43 bits per heavy atom. The molecule has 0 fully saturated rings. The third-order valence-electron chi connectivity index (χ3n) is 3.91. The maximum absolute atomic E-state index is 11.5. The second kappa shape index (κ2) is 6.55. The summed E-state index contributed by atoms with van der Waals surface area (Å²) in [5, 5.41) is 11.5. The van der Waals surface area contributed by atoms with Crippen molar-refractivity contribution in [2.75, 3.05) is 6.54 Å². The van der Waals surface area contributed by atoms with Gasteiger partial charge in [-0.2, -0.15) is 0 Å². The second-order valence-corrected chi connectivity index (χ2v) is 5.52. The van der Waals surface area contributed by atoms with Gasteiger partial charge in [-0.05, 0) is 11.1 Å². The van der Waals surface area contributed by atoms with Gasteiger partial charge in [-0.1, -0.05) is 60.7 Å².